The molecular weight excluding hydrogens is 238 g/mol. The monoisotopic (exact) mass is 259 g/mol. The van der Waals surface area contributed by atoms with Gasteiger partial charge in [-0.25, -0.2) is 4.79 Å². The first kappa shape index (κ1) is 13.7. The largest absolute Gasteiger partial charge is 0.445 e. The smallest absolute Gasteiger partial charge is 0.410 e. The normalized spacial score (nSPS) is 18.9. The standard InChI is InChI=1S/C16H21NO2/c1-2-8-15-11-6-7-12-17(15)16(18)19-13-14-9-4-3-5-10-14/h2-5,9-10,15H,1,6-8,11-13H2. The highest BCUT2D eigenvalue weighted by Crippen LogP contribution is 2.21. The molecule has 1 heterocycles. The lowest BCUT2D eigenvalue weighted by molar-refractivity contribution is 0.0688. The van der Waals surface area contributed by atoms with Crippen LogP contribution in [0.4, 0.5) is 4.79 Å². The highest BCUT2D eigenvalue weighted by molar-refractivity contribution is 5.68. The molecule has 1 aliphatic heterocycles. The molecule has 1 atom stereocenters. The molecule has 3 nitrogen and oxygen atoms in total. The number of carbonyl (C=O) groups is 1. The SMILES string of the molecule is C=CCC1CCCCN1C(=O)OCc1ccccc1. The Morgan fingerprint density at radius 2 is 2.16 bits per heavy atom. The van der Waals surface area contributed by atoms with E-state index in [1.54, 1.807) is 0 Å². The molecule has 1 amide bonds. The molecule has 2 rings (SSSR count). The van der Waals surface area contributed by atoms with E-state index in [0.717, 1.165) is 31.4 Å². The van der Waals surface area contributed by atoms with Gasteiger partial charge < -0.3 is 9.64 Å². The van der Waals surface area contributed by atoms with Gasteiger partial charge in [0.15, 0.2) is 0 Å². The second-order valence-corrected chi connectivity index (χ2v) is 4.91. The van der Waals surface area contributed by atoms with E-state index in [2.05, 4.69) is 6.58 Å². The van der Waals surface area contributed by atoms with Gasteiger partial charge in [-0.3, -0.25) is 0 Å². The van der Waals surface area contributed by atoms with Gasteiger partial charge >= 0.3 is 6.09 Å². The molecule has 3 heteroatoms. The Kier molecular flexibility index (Phi) is 5.01. The highest BCUT2D eigenvalue weighted by Gasteiger charge is 2.26. The molecule has 1 unspecified atom stereocenters. The van der Waals surface area contributed by atoms with Crippen LogP contribution in [0.5, 0.6) is 0 Å². The number of nitrogens with zero attached hydrogens (tertiary/aromatic N) is 1. The van der Waals surface area contributed by atoms with Crippen LogP contribution in [-0.2, 0) is 11.3 Å². The Balaban J connectivity index is 1.89. The summed E-state index contributed by atoms with van der Waals surface area (Å²) < 4.78 is 5.40. The van der Waals surface area contributed by atoms with E-state index in [0.29, 0.717) is 6.61 Å². The number of amides is 1. The molecule has 102 valence electrons. The van der Waals surface area contributed by atoms with E-state index in [-0.39, 0.29) is 12.1 Å². The van der Waals surface area contributed by atoms with Crippen LogP contribution in [0.3, 0.4) is 0 Å². The molecule has 1 aromatic carbocycles. The molecule has 0 aromatic heterocycles. The van der Waals surface area contributed by atoms with Crippen molar-refractivity contribution in [3.05, 3.63) is 48.6 Å². The third kappa shape index (κ3) is 3.85. The number of piperidine rings is 1. The van der Waals surface area contributed by atoms with Crippen molar-refractivity contribution in [3.8, 4) is 0 Å². The van der Waals surface area contributed by atoms with E-state index >= 15 is 0 Å². The summed E-state index contributed by atoms with van der Waals surface area (Å²) >= 11 is 0. The van der Waals surface area contributed by atoms with Crippen molar-refractivity contribution in [3.63, 3.8) is 0 Å². The molecule has 0 aliphatic carbocycles. The number of carbonyl (C=O) groups excluding carboxylic acids is 1. The maximum absolute atomic E-state index is 12.1. The maximum atomic E-state index is 12.1. The second-order valence-electron chi connectivity index (χ2n) is 4.91. The molecule has 1 saturated heterocycles. The molecule has 0 bridgehead atoms. The van der Waals surface area contributed by atoms with E-state index in [1.165, 1.54) is 6.42 Å². The Hall–Kier alpha value is -1.77. The minimum Gasteiger partial charge on any atom is -0.445 e. The minimum atomic E-state index is -0.199. The molecule has 19 heavy (non-hydrogen) atoms. The number of benzene rings is 1. The van der Waals surface area contributed by atoms with Gasteiger partial charge in [0.2, 0.25) is 0 Å². The van der Waals surface area contributed by atoms with E-state index in [1.807, 2.05) is 41.3 Å². The summed E-state index contributed by atoms with van der Waals surface area (Å²) in [6.45, 7) is 4.91. The third-order valence-corrected chi connectivity index (χ3v) is 3.51. The number of ether oxygens (including phenoxy) is 1. The number of hydrogen-bond donors (Lipinski definition) is 0. The summed E-state index contributed by atoms with van der Waals surface area (Å²) in [4.78, 5) is 14.0. The van der Waals surface area contributed by atoms with E-state index < -0.39 is 0 Å². The zero-order chi connectivity index (χ0) is 13.5. The Bertz CT molecular complexity index is 416. The second kappa shape index (κ2) is 6.98. The summed E-state index contributed by atoms with van der Waals surface area (Å²) in [5.74, 6) is 0. The summed E-state index contributed by atoms with van der Waals surface area (Å²) in [5.41, 5.74) is 1.02. The van der Waals surface area contributed by atoms with Gasteiger partial charge in [-0.15, -0.1) is 6.58 Å². The molecule has 0 saturated carbocycles. The molecule has 0 N–H and O–H groups in total. The van der Waals surface area contributed by atoms with E-state index in [4.69, 9.17) is 4.74 Å². The quantitative estimate of drug-likeness (QED) is 0.771. The van der Waals surface area contributed by atoms with Crippen LogP contribution in [0.2, 0.25) is 0 Å². The molecular formula is C16H21NO2. The predicted molar refractivity (Wildman–Crippen MR) is 75.8 cm³/mol. The van der Waals surface area contributed by atoms with Crippen LogP contribution in [0.15, 0.2) is 43.0 Å². The zero-order valence-corrected chi connectivity index (χ0v) is 11.3. The Labute approximate surface area is 114 Å². The molecule has 1 aliphatic rings. The third-order valence-electron chi connectivity index (χ3n) is 3.51. The first-order chi connectivity index (χ1) is 9.31. The summed E-state index contributed by atoms with van der Waals surface area (Å²) in [7, 11) is 0. The number of rotatable bonds is 4. The van der Waals surface area contributed by atoms with Crippen LogP contribution in [0.25, 0.3) is 0 Å². The first-order valence-electron chi connectivity index (χ1n) is 6.89. The van der Waals surface area contributed by atoms with Crippen LogP contribution in [0, 0.1) is 0 Å². The van der Waals surface area contributed by atoms with Crippen LogP contribution < -0.4 is 0 Å². The van der Waals surface area contributed by atoms with E-state index in [9.17, 15) is 4.79 Å². The Morgan fingerprint density at radius 3 is 2.89 bits per heavy atom. The van der Waals surface area contributed by atoms with Crippen LogP contribution >= 0.6 is 0 Å². The topological polar surface area (TPSA) is 29.5 Å². The lowest BCUT2D eigenvalue weighted by Crippen LogP contribution is -2.43. The van der Waals surface area contributed by atoms with Crippen molar-refractivity contribution < 1.29 is 9.53 Å². The van der Waals surface area contributed by atoms with Gasteiger partial charge in [-0.2, -0.15) is 0 Å². The molecule has 1 aromatic rings. The average Bonchev–Trinajstić information content (AvgIpc) is 2.47. The minimum absolute atomic E-state index is 0.199. The fourth-order valence-electron chi connectivity index (χ4n) is 2.48. The summed E-state index contributed by atoms with van der Waals surface area (Å²) in [5, 5.41) is 0. The predicted octanol–water partition coefficient (Wildman–Crippen LogP) is 3.75. The lowest BCUT2D eigenvalue weighted by Gasteiger charge is -2.34. The van der Waals surface area contributed by atoms with Crippen LogP contribution in [-0.4, -0.2) is 23.6 Å². The van der Waals surface area contributed by atoms with Crippen molar-refractivity contribution in [2.75, 3.05) is 6.54 Å². The lowest BCUT2D eigenvalue weighted by atomic mass is 10.00. The summed E-state index contributed by atoms with van der Waals surface area (Å²) in [6, 6.07) is 10.0. The highest BCUT2D eigenvalue weighted by atomic mass is 16.6. The van der Waals surface area contributed by atoms with Gasteiger partial charge in [-0.1, -0.05) is 36.4 Å². The Morgan fingerprint density at radius 1 is 1.37 bits per heavy atom. The number of likely N-dealkylation sites (tertiary alicyclic amines) is 1. The molecule has 0 radical (unpaired) electrons. The molecule has 0 spiro atoms. The average molecular weight is 259 g/mol. The van der Waals surface area contributed by atoms with Crippen molar-refractivity contribution in [2.45, 2.75) is 38.3 Å². The van der Waals surface area contributed by atoms with Gasteiger partial charge in [0.25, 0.3) is 0 Å². The van der Waals surface area contributed by atoms with Gasteiger partial charge in [0, 0.05) is 12.6 Å². The van der Waals surface area contributed by atoms with Crippen molar-refractivity contribution in [1.29, 1.82) is 0 Å². The van der Waals surface area contributed by atoms with Gasteiger partial charge in [-0.05, 0) is 31.2 Å². The van der Waals surface area contributed by atoms with Gasteiger partial charge in [0.1, 0.15) is 6.61 Å². The first-order valence-corrected chi connectivity index (χ1v) is 6.89. The van der Waals surface area contributed by atoms with Crippen molar-refractivity contribution in [2.24, 2.45) is 0 Å². The zero-order valence-electron chi connectivity index (χ0n) is 11.3. The van der Waals surface area contributed by atoms with Crippen LogP contribution in [0.1, 0.15) is 31.2 Å². The maximum Gasteiger partial charge on any atom is 0.410 e. The fraction of sp³-hybridized carbons (Fsp3) is 0.438. The van der Waals surface area contributed by atoms with Crippen molar-refractivity contribution in [1.82, 2.24) is 4.90 Å². The molecule has 1 fully saturated rings. The fourth-order valence-corrected chi connectivity index (χ4v) is 2.48. The van der Waals surface area contributed by atoms with Crippen molar-refractivity contribution >= 4 is 6.09 Å². The summed E-state index contributed by atoms with van der Waals surface area (Å²) in [6.07, 6.45) is 5.82. The number of hydrogen-bond acceptors (Lipinski definition) is 2. The van der Waals surface area contributed by atoms with Gasteiger partial charge in [0.05, 0.1) is 0 Å².